The highest BCUT2D eigenvalue weighted by Gasteiger charge is 2.49. The quantitative estimate of drug-likeness (QED) is 0.713. The van der Waals surface area contributed by atoms with Crippen LogP contribution in [-0.4, -0.2) is 38.4 Å². The number of hydrogen-bond donors (Lipinski definition) is 2. The minimum atomic E-state index is -2.50. The lowest BCUT2D eigenvalue weighted by Crippen LogP contribution is -2.66. The molecule has 0 atom stereocenters. The van der Waals surface area contributed by atoms with Gasteiger partial charge in [-0.05, 0) is 21.8 Å². The maximum Gasteiger partial charge on any atom is 0.261 e. The molecule has 136 valence electrons. The highest BCUT2D eigenvalue weighted by atomic mass is 28.4. The molecule has 0 aromatic heterocycles. The van der Waals surface area contributed by atoms with E-state index in [4.69, 9.17) is 4.43 Å². The van der Waals surface area contributed by atoms with Gasteiger partial charge in [0.2, 0.25) is 0 Å². The lowest BCUT2D eigenvalue weighted by molar-refractivity contribution is 0.126. The molecule has 0 fully saturated rings. The van der Waals surface area contributed by atoms with Crippen molar-refractivity contribution in [2.24, 2.45) is 5.92 Å². The summed E-state index contributed by atoms with van der Waals surface area (Å²) >= 11 is 0. The van der Waals surface area contributed by atoms with E-state index in [1.807, 2.05) is 12.1 Å². The molecule has 2 N–H and O–H groups in total. The first-order chi connectivity index (χ1) is 12.0. The van der Waals surface area contributed by atoms with Gasteiger partial charge in [0.05, 0.1) is 0 Å². The van der Waals surface area contributed by atoms with Gasteiger partial charge >= 0.3 is 0 Å². The summed E-state index contributed by atoms with van der Waals surface area (Å²) < 4.78 is 6.72. The van der Waals surface area contributed by atoms with Gasteiger partial charge in [0.15, 0.2) is 0 Å². The molecule has 0 amide bonds. The van der Waals surface area contributed by atoms with Crippen LogP contribution in [0.1, 0.15) is 27.2 Å². The van der Waals surface area contributed by atoms with Gasteiger partial charge in [-0.1, -0.05) is 81.4 Å². The van der Waals surface area contributed by atoms with Gasteiger partial charge in [-0.2, -0.15) is 0 Å². The summed E-state index contributed by atoms with van der Waals surface area (Å²) in [5.41, 5.74) is 0. The standard InChI is InChI=1S/C21H30O3Si/c1-21(2,3)25(19-10-6-4-7-11-19,20-12-8-5-9-13-20)24-15-14-18(16-22)17-23/h4-13,18,22-23H,14-17H2,1-3H3. The molecule has 0 aliphatic carbocycles. The SMILES string of the molecule is CC(C)(C)[Si](OCCC(CO)CO)(c1ccccc1)c1ccccc1. The molecule has 2 aromatic rings. The van der Waals surface area contributed by atoms with Crippen LogP contribution in [0.25, 0.3) is 0 Å². The third kappa shape index (κ3) is 4.39. The van der Waals surface area contributed by atoms with Crippen LogP contribution >= 0.6 is 0 Å². The van der Waals surface area contributed by atoms with Crippen molar-refractivity contribution in [2.75, 3.05) is 19.8 Å². The van der Waals surface area contributed by atoms with E-state index in [0.717, 1.165) is 0 Å². The van der Waals surface area contributed by atoms with Gasteiger partial charge in [0, 0.05) is 25.7 Å². The molecule has 2 aromatic carbocycles. The first-order valence-electron chi connectivity index (χ1n) is 8.92. The molecule has 0 saturated heterocycles. The Hall–Kier alpha value is -1.46. The van der Waals surface area contributed by atoms with Crippen molar-refractivity contribution >= 4 is 18.7 Å². The second-order valence-corrected chi connectivity index (χ2v) is 11.8. The van der Waals surface area contributed by atoms with Crippen molar-refractivity contribution in [1.82, 2.24) is 0 Å². The molecule has 4 heteroatoms. The molecule has 0 aliphatic rings. The van der Waals surface area contributed by atoms with E-state index in [1.165, 1.54) is 10.4 Å². The lowest BCUT2D eigenvalue weighted by atomic mass is 10.1. The average Bonchev–Trinajstić information content (AvgIpc) is 2.62. The molecule has 25 heavy (non-hydrogen) atoms. The Morgan fingerprint density at radius 2 is 1.28 bits per heavy atom. The second-order valence-electron chi connectivity index (χ2n) is 7.53. The van der Waals surface area contributed by atoms with Gasteiger partial charge in [-0.3, -0.25) is 0 Å². The molecule has 2 rings (SSSR count). The number of benzene rings is 2. The summed E-state index contributed by atoms with van der Waals surface area (Å²) in [6, 6.07) is 21.0. The molecule has 0 heterocycles. The summed E-state index contributed by atoms with van der Waals surface area (Å²) in [5.74, 6) is -0.127. The van der Waals surface area contributed by atoms with E-state index in [0.29, 0.717) is 13.0 Å². The number of aliphatic hydroxyl groups is 2. The van der Waals surface area contributed by atoms with Crippen molar-refractivity contribution in [1.29, 1.82) is 0 Å². The summed E-state index contributed by atoms with van der Waals surface area (Å²) in [5, 5.41) is 21.1. The minimum Gasteiger partial charge on any atom is -0.407 e. The van der Waals surface area contributed by atoms with Crippen LogP contribution in [0, 0.1) is 5.92 Å². The Bertz CT molecular complexity index is 579. The van der Waals surface area contributed by atoms with Gasteiger partial charge < -0.3 is 14.6 Å². The molecule has 0 unspecified atom stereocenters. The predicted molar refractivity (Wildman–Crippen MR) is 106 cm³/mol. The highest BCUT2D eigenvalue weighted by Crippen LogP contribution is 2.36. The van der Waals surface area contributed by atoms with Crippen LogP contribution in [-0.2, 0) is 4.43 Å². The maximum atomic E-state index is 9.35. The summed E-state index contributed by atoms with van der Waals surface area (Å²) in [6.07, 6.45) is 0.650. The van der Waals surface area contributed by atoms with Gasteiger partial charge in [-0.15, -0.1) is 0 Å². The Labute approximate surface area is 152 Å². The molecule has 0 bridgehead atoms. The zero-order valence-corrected chi connectivity index (χ0v) is 16.5. The van der Waals surface area contributed by atoms with E-state index < -0.39 is 8.32 Å². The Kier molecular flexibility index (Phi) is 6.96. The second kappa shape index (κ2) is 8.76. The zero-order chi connectivity index (χ0) is 18.3. The van der Waals surface area contributed by atoms with Gasteiger partial charge in [-0.25, -0.2) is 0 Å². The van der Waals surface area contributed by atoms with Crippen LogP contribution < -0.4 is 10.4 Å². The Balaban J connectivity index is 2.46. The Morgan fingerprint density at radius 1 is 0.840 bits per heavy atom. The fourth-order valence-electron chi connectivity index (χ4n) is 3.38. The van der Waals surface area contributed by atoms with E-state index in [9.17, 15) is 10.2 Å². The fraction of sp³-hybridized carbons (Fsp3) is 0.429. The molecular weight excluding hydrogens is 328 g/mol. The van der Waals surface area contributed by atoms with E-state index in [-0.39, 0.29) is 24.2 Å². The van der Waals surface area contributed by atoms with Crippen LogP contribution in [0.3, 0.4) is 0 Å². The number of rotatable bonds is 8. The summed E-state index contributed by atoms with van der Waals surface area (Å²) in [6.45, 7) is 7.23. The van der Waals surface area contributed by atoms with Crippen LogP contribution in [0.4, 0.5) is 0 Å². The molecule has 3 nitrogen and oxygen atoms in total. The minimum absolute atomic E-state index is 0.0133. The Morgan fingerprint density at radius 3 is 1.64 bits per heavy atom. The first kappa shape index (κ1) is 19.9. The molecule has 0 aliphatic heterocycles. The van der Waals surface area contributed by atoms with Crippen LogP contribution in [0.15, 0.2) is 60.7 Å². The highest BCUT2D eigenvalue weighted by molar-refractivity contribution is 6.99. The largest absolute Gasteiger partial charge is 0.407 e. The monoisotopic (exact) mass is 358 g/mol. The fourth-order valence-corrected chi connectivity index (χ4v) is 7.96. The van der Waals surface area contributed by atoms with Crippen molar-refractivity contribution in [3.8, 4) is 0 Å². The third-order valence-electron chi connectivity index (χ3n) is 4.78. The third-order valence-corrected chi connectivity index (χ3v) is 9.82. The van der Waals surface area contributed by atoms with Crippen molar-refractivity contribution in [3.05, 3.63) is 60.7 Å². The van der Waals surface area contributed by atoms with E-state index >= 15 is 0 Å². The van der Waals surface area contributed by atoms with E-state index in [2.05, 4.69) is 69.3 Å². The smallest absolute Gasteiger partial charge is 0.261 e. The number of hydrogen-bond acceptors (Lipinski definition) is 3. The predicted octanol–water partition coefficient (Wildman–Crippen LogP) is 2.55. The molecule has 0 radical (unpaired) electrons. The topological polar surface area (TPSA) is 49.7 Å². The normalized spacial score (nSPS) is 12.6. The van der Waals surface area contributed by atoms with Crippen molar-refractivity contribution < 1.29 is 14.6 Å². The van der Waals surface area contributed by atoms with Crippen LogP contribution in [0.5, 0.6) is 0 Å². The lowest BCUT2D eigenvalue weighted by Gasteiger charge is -2.43. The van der Waals surface area contributed by atoms with E-state index in [1.54, 1.807) is 0 Å². The number of aliphatic hydroxyl groups excluding tert-OH is 2. The van der Waals surface area contributed by atoms with Crippen molar-refractivity contribution in [2.45, 2.75) is 32.2 Å². The summed E-state index contributed by atoms with van der Waals surface area (Å²) in [4.78, 5) is 0. The van der Waals surface area contributed by atoms with Gasteiger partial charge in [0.1, 0.15) is 0 Å². The first-order valence-corrected chi connectivity index (χ1v) is 10.8. The summed E-state index contributed by atoms with van der Waals surface area (Å²) in [7, 11) is -2.50. The van der Waals surface area contributed by atoms with Crippen LogP contribution in [0.2, 0.25) is 5.04 Å². The molecular formula is C21H30O3Si. The maximum absolute atomic E-state index is 9.35. The van der Waals surface area contributed by atoms with Gasteiger partial charge in [0.25, 0.3) is 8.32 Å². The molecule has 0 saturated carbocycles. The molecule has 0 spiro atoms. The average molecular weight is 359 g/mol. The van der Waals surface area contributed by atoms with Crippen molar-refractivity contribution in [3.63, 3.8) is 0 Å². The zero-order valence-electron chi connectivity index (χ0n) is 15.5.